The molecule has 0 aliphatic carbocycles. The molecule has 0 radical (unpaired) electrons. The molecule has 0 saturated carbocycles. The molecular weight excluding hydrogens is 300 g/mol. The smallest absolute Gasteiger partial charge is 0.215 e. The van der Waals surface area contributed by atoms with Gasteiger partial charge in [-0.3, -0.25) is 0 Å². The molecule has 5 nitrogen and oxygen atoms in total. The number of hydrogen-bond donors (Lipinski definition) is 1. The number of hydrogen-bond acceptors (Lipinski definition) is 4. The molecule has 0 bridgehead atoms. The zero-order valence-corrected chi connectivity index (χ0v) is 13.9. The molecule has 22 heavy (non-hydrogen) atoms. The summed E-state index contributed by atoms with van der Waals surface area (Å²) in [5.74, 6) is 0.300. The SMILES string of the molecule is COCc1ccccc1CN1CC2(CCNCC2)CS1(=O)=O. The van der Waals surface area contributed by atoms with Gasteiger partial charge < -0.3 is 10.1 Å². The predicted octanol–water partition coefficient (Wildman–Crippen LogP) is 1.35. The van der Waals surface area contributed by atoms with E-state index >= 15 is 0 Å². The Bertz CT molecular complexity index is 624. The van der Waals surface area contributed by atoms with Crippen molar-refractivity contribution in [2.45, 2.75) is 26.0 Å². The van der Waals surface area contributed by atoms with Crippen molar-refractivity contribution in [2.24, 2.45) is 5.41 Å². The van der Waals surface area contributed by atoms with Crippen LogP contribution in [-0.4, -0.2) is 45.2 Å². The fourth-order valence-corrected chi connectivity index (χ4v) is 5.75. The van der Waals surface area contributed by atoms with Crippen molar-refractivity contribution in [1.29, 1.82) is 0 Å². The summed E-state index contributed by atoms with van der Waals surface area (Å²) >= 11 is 0. The van der Waals surface area contributed by atoms with Crippen LogP contribution < -0.4 is 5.32 Å². The summed E-state index contributed by atoms with van der Waals surface area (Å²) in [4.78, 5) is 0. The second kappa shape index (κ2) is 6.28. The minimum atomic E-state index is -3.16. The van der Waals surface area contributed by atoms with Gasteiger partial charge in [0, 0.05) is 25.6 Å². The van der Waals surface area contributed by atoms with Crippen molar-refractivity contribution in [2.75, 3.05) is 32.5 Å². The third-order valence-electron chi connectivity index (χ3n) is 4.82. The average Bonchev–Trinajstić information content (AvgIpc) is 2.72. The Hall–Kier alpha value is -0.950. The van der Waals surface area contributed by atoms with Gasteiger partial charge in [0.05, 0.1) is 12.4 Å². The van der Waals surface area contributed by atoms with Crippen LogP contribution in [0.5, 0.6) is 0 Å². The summed E-state index contributed by atoms with van der Waals surface area (Å²) in [6.07, 6.45) is 1.89. The third kappa shape index (κ3) is 3.20. The lowest BCUT2D eigenvalue weighted by molar-refractivity contribution is 0.182. The van der Waals surface area contributed by atoms with E-state index in [1.54, 1.807) is 11.4 Å². The number of nitrogens with zero attached hydrogens (tertiary/aromatic N) is 1. The van der Waals surface area contributed by atoms with Crippen LogP contribution in [0.4, 0.5) is 0 Å². The van der Waals surface area contributed by atoms with Crippen LogP contribution in [0.15, 0.2) is 24.3 Å². The molecule has 1 aromatic carbocycles. The van der Waals surface area contributed by atoms with E-state index in [2.05, 4.69) is 5.32 Å². The highest BCUT2D eigenvalue weighted by Crippen LogP contribution is 2.39. The fraction of sp³-hybridized carbons (Fsp3) is 0.625. The van der Waals surface area contributed by atoms with Crippen molar-refractivity contribution in [1.82, 2.24) is 9.62 Å². The Balaban J connectivity index is 1.80. The summed E-state index contributed by atoms with van der Waals surface area (Å²) < 4.78 is 32.1. The van der Waals surface area contributed by atoms with E-state index in [1.807, 2.05) is 24.3 Å². The van der Waals surface area contributed by atoms with Crippen LogP contribution >= 0.6 is 0 Å². The first-order valence-electron chi connectivity index (χ1n) is 7.79. The van der Waals surface area contributed by atoms with Crippen molar-refractivity contribution < 1.29 is 13.2 Å². The molecule has 0 amide bonds. The van der Waals surface area contributed by atoms with Crippen LogP contribution in [0.2, 0.25) is 0 Å². The van der Waals surface area contributed by atoms with Gasteiger partial charge in [-0.2, -0.15) is 4.31 Å². The van der Waals surface area contributed by atoms with Crippen LogP contribution in [0, 0.1) is 5.41 Å². The Morgan fingerprint density at radius 1 is 1.23 bits per heavy atom. The third-order valence-corrected chi connectivity index (χ3v) is 6.85. The number of rotatable bonds is 4. The van der Waals surface area contributed by atoms with E-state index in [4.69, 9.17) is 4.74 Å². The molecule has 0 aromatic heterocycles. The number of sulfonamides is 1. The number of methoxy groups -OCH3 is 1. The molecule has 122 valence electrons. The normalized spacial score (nSPS) is 23.9. The molecule has 2 saturated heterocycles. The minimum absolute atomic E-state index is 0.0553. The number of ether oxygens (including phenoxy) is 1. The van der Waals surface area contributed by atoms with E-state index in [0.717, 1.165) is 37.1 Å². The van der Waals surface area contributed by atoms with Gasteiger partial charge in [0.2, 0.25) is 10.0 Å². The van der Waals surface area contributed by atoms with Crippen molar-refractivity contribution in [3.8, 4) is 0 Å². The lowest BCUT2D eigenvalue weighted by Crippen LogP contribution is -2.40. The van der Waals surface area contributed by atoms with Gasteiger partial charge in [-0.15, -0.1) is 0 Å². The Labute approximate surface area is 132 Å². The maximum absolute atomic E-state index is 12.6. The predicted molar refractivity (Wildman–Crippen MR) is 85.9 cm³/mol. The van der Waals surface area contributed by atoms with Gasteiger partial charge in [0.25, 0.3) is 0 Å². The van der Waals surface area contributed by atoms with Gasteiger partial charge in [0.15, 0.2) is 0 Å². The zero-order chi connectivity index (χ0) is 15.6. The lowest BCUT2D eigenvalue weighted by atomic mass is 9.81. The van der Waals surface area contributed by atoms with Crippen LogP contribution in [0.3, 0.4) is 0 Å². The van der Waals surface area contributed by atoms with Gasteiger partial charge in [-0.05, 0) is 37.1 Å². The van der Waals surface area contributed by atoms with E-state index in [-0.39, 0.29) is 5.41 Å². The molecule has 6 heteroatoms. The quantitative estimate of drug-likeness (QED) is 0.908. The van der Waals surface area contributed by atoms with Crippen LogP contribution in [-0.2, 0) is 27.9 Å². The highest BCUT2D eigenvalue weighted by Gasteiger charge is 2.47. The second-order valence-corrected chi connectivity index (χ2v) is 8.44. The van der Waals surface area contributed by atoms with Crippen LogP contribution in [0.25, 0.3) is 0 Å². The zero-order valence-electron chi connectivity index (χ0n) is 13.0. The summed E-state index contributed by atoms with van der Waals surface area (Å²) in [5.41, 5.74) is 2.05. The first kappa shape index (κ1) is 15.9. The highest BCUT2D eigenvalue weighted by atomic mass is 32.2. The molecule has 0 atom stereocenters. The molecule has 0 unspecified atom stereocenters. The van der Waals surface area contributed by atoms with Gasteiger partial charge in [-0.25, -0.2) is 8.42 Å². The monoisotopic (exact) mass is 324 g/mol. The Morgan fingerprint density at radius 3 is 2.59 bits per heavy atom. The average molecular weight is 324 g/mol. The molecule has 1 N–H and O–H groups in total. The Kier molecular flexibility index (Phi) is 4.54. The van der Waals surface area contributed by atoms with Gasteiger partial charge in [-0.1, -0.05) is 24.3 Å². The van der Waals surface area contributed by atoms with Crippen LogP contribution in [0.1, 0.15) is 24.0 Å². The van der Waals surface area contributed by atoms with Crippen molar-refractivity contribution in [3.63, 3.8) is 0 Å². The largest absolute Gasteiger partial charge is 0.380 e. The van der Waals surface area contributed by atoms with E-state index in [0.29, 0.717) is 25.4 Å². The first-order chi connectivity index (χ1) is 10.5. The summed E-state index contributed by atoms with van der Waals surface area (Å²) in [6, 6.07) is 7.92. The van der Waals surface area contributed by atoms with Crippen molar-refractivity contribution >= 4 is 10.0 Å². The maximum Gasteiger partial charge on any atom is 0.215 e. The fourth-order valence-electron chi connectivity index (χ4n) is 3.61. The van der Waals surface area contributed by atoms with Gasteiger partial charge in [0.1, 0.15) is 0 Å². The summed E-state index contributed by atoms with van der Waals surface area (Å²) in [5, 5.41) is 3.32. The molecular formula is C16H24N2O3S. The number of piperidine rings is 1. The Morgan fingerprint density at radius 2 is 1.91 bits per heavy atom. The molecule has 2 fully saturated rings. The molecule has 1 spiro atoms. The van der Waals surface area contributed by atoms with Gasteiger partial charge >= 0.3 is 0 Å². The highest BCUT2D eigenvalue weighted by molar-refractivity contribution is 7.89. The first-order valence-corrected chi connectivity index (χ1v) is 9.40. The minimum Gasteiger partial charge on any atom is -0.380 e. The van der Waals surface area contributed by atoms with Crippen molar-refractivity contribution in [3.05, 3.63) is 35.4 Å². The molecule has 3 rings (SSSR count). The number of nitrogens with one attached hydrogen (secondary N) is 1. The maximum atomic E-state index is 12.6. The molecule has 2 aliphatic rings. The van der Waals surface area contributed by atoms with E-state index in [1.165, 1.54) is 0 Å². The molecule has 1 aromatic rings. The summed E-state index contributed by atoms with van der Waals surface area (Å²) in [6.45, 7) is 3.46. The molecule has 2 aliphatic heterocycles. The molecule has 2 heterocycles. The lowest BCUT2D eigenvalue weighted by Gasteiger charge is -2.32. The van der Waals surface area contributed by atoms with E-state index in [9.17, 15) is 8.42 Å². The standard InChI is InChI=1S/C16H24N2O3S/c1-21-11-15-5-3-2-4-14(15)10-18-12-16(13-22(18,19)20)6-8-17-9-7-16/h2-5,17H,6-13H2,1H3. The number of benzene rings is 1. The summed E-state index contributed by atoms with van der Waals surface area (Å²) in [7, 11) is -1.50. The topological polar surface area (TPSA) is 58.6 Å². The van der Waals surface area contributed by atoms with E-state index < -0.39 is 10.0 Å². The second-order valence-electron chi connectivity index (χ2n) is 6.48.